The quantitative estimate of drug-likeness (QED) is 0.666. The normalized spacial score (nSPS) is 24.6. The maximum atomic E-state index is 12.3. The molecule has 2 atom stereocenters. The van der Waals surface area contributed by atoms with E-state index in [0.717, 1.165) is 44.9 Å². The Morgan fingerprint density at radius 3 is 2.80 bits per heavy atom. The van der Waals surface area contributed by atoms with Gasteiger partial charge in [0, 0.05) is 19.1 Å². The van der Waals surface area contributed by atoms with Gasteiger partial charge in [0.15, 0.2) is 0 Å². The predicted octanol–water partition coefficient (Wildman–Crippen LogP) is 1.76. The van der Waals surface area contributed by atoms with Gasteiger partial charge >= 0.3 is 0 Å². The summed E-state index contributed by atoms with van der Waals surface area (Å²) in [6.45, 7) is 8.42. The Bertz CT molecular complexity index is 298. The Hall–Kier alpha value is -0.610. The molecule has 1 heterocycles. The number of hydrogen-bond donors (Lipinski definition) is 2. The fourth-order valence-corrected chi connectivity index (χ4v) is 3.09. The Kier molecular flexibility index (Phi) is 6.30. The summed E-state index contributed by atoms with van der Waals surface area (Å²) in [4.78, 5) is 14.7. The van der Waals surface area contributed by atoms with Crippen LogP contribution in [-0.4, -0.2) is 49.1 Å². The van der Waals surface area contributed by atoms with Gasteiger partial charge in [0.2, 0.25) is 5.91 Å². The van der Waals surface area contributed by atoms with Crippen molar-refractivity contribution in [2.75, 3.05) is 26.2 Å². The van der Waals surface area contributed by atoms with E-state index in [9.17, 15) is 4.79 Å². The lowest BCUT2D eigenvalue weighted by molar-refractivity contribution is -0.126. The van der Waals surface area contributed by atoms with Gasteiger partial charge in [0.25, 0.3) is 0 Å². The fourth-order valence-electron chi connectivity index (χ4n) is 3.09. The van der Waals surface area contributed by atoms with Gasteiger partial charge in [-0.15, -0.1) is 0 Å². The summed E-state index contributed by atoms with van der Waals surface area (Å²) in [7, 11) is 0. The molecule has 2 aliphatic rings. The molecule has 0 spiro atoms. The first-order valence-electron chi connectivity index (χ1n) is 8.46. The van der Waals surface area contributed by atoms with Crippen LogP contribution in [0.1, 0.15) is 52.4 Å². The Morgan fingerprint density at radius 2 is 2.20 bits per heavy atom. The van der Waals surface area contributed by atoms with Gasteiger partial charge in [-0.3, -0.25) is 9.69 Å². The molecule has 2 unspecified atom stereocenters. The number of carbonyl (C=O) groups excluding carboxylic acids is 1. The summed E-state index contributed by atoms with van der Waals surface area (Å²) in [6.07, 6.45) is 7.34. The minimum atomic E-state index is 0.0290. The van der Waals surface area contributed by atoms with Crippen molar-refractivity contribution in [1.82, 2.24) is 15.5 Å². The third kappa shape index (κ3) is 4.74. The molecule has 1 aliphatic heterocycles. The maximum absolute atomic E-state index is 12.3. The molecule has 0 aromatic carbocycles. The van der Waals surface area contributed by atoms with Crippen LogP contribution < -0.4 is 10.6 Å². The van der Waals surface area contributed by atoms with Crippen LogP contribution >= 0.6 is 0 Å². The highest BCUT2D eigenvalue weighted by Gasteiger charge is 2.36. The monoisotopic (exact) mass is 281 g/mol. The Labute approximate surface area is 123 Å². The number of amides is 1. The summed E-state index contributed by atoms with van der Waals surface area (Å²) < 4.78 is 0. The van der Waals surface area contributed by atoms with Crippen LogP contribution in [0.4, 0.5) is 0 Å². The summed E-state index contributed by atoms with van der Waals surface area (Å²) in [5.74, 6) is 0.935. The van der Waals surface area contributed by atoms with Crippen molar-refractivity contribution in [3.05, 3.63) is 0 Å². The average molecular weight is 281 g/mol. The van der Waals surface area contributed by atoms with Crippen molar-refractivity contribution in [2.45, 2.75) is 64.5 Å². The van der Waals surface area contributed by atoms with E-state index in [-0.39, 0.29) is 11.9 Å². The van der Waals surface area contributed by atoms with Crippen LogP contribution in [0.25, 0.3) is 0 Å². The van der Waals surface area contributed by atoms with E-state index in [1.54, 1.807) is 0 Å². The van der Waals surface area contributed by atoms with Gasteiger partial charge in [-0.2, -0.15) is 0 Å². The Balaban J connectivity index is 1.81. The number of piperidine rings is 1. The standard InChI is InChI=1S/C16H31N3O/c1-3-4-10-18-16(20)13(2)19(15-7-8-15)12-14-6-5-9-17-11-14/h13-15,17H,3-12H2,1-2H3,(H,18,20). The lowest BCUT2D eigenvalue weighted by atomic mass is 9.98. The van der Waals surface area contributed by atoms with E-state index < -0.39 is 0 Å². The summed E-state index contributed by atoms with van der Waals surface area (Å²) >= 11 is 0. The smallest absolute Gasteiger partial charge is 0.237 e. The van der Waals surface area contributed by atoms with Gasteiger partial charge in [-0.05, 0) is 58.0 Å². The van der Waals surface area contributed by atoms with Crippen molar-refractivity contribution in [2.24, 2.45) is 5.92 Å². The molecule has 0 aromatic heterocycles. The zero-order chi connectivity index (χ0) is 14.4. The third-order valence-electron chi connectivity index (χ3n) is 4.59. The van der Waals surface area contributed by atoms with Gasteiger partial charge in [-0.25, -0.2) is 0 Å². The van der Waals surface area contributed by atoms with E-state index in [2.05, 4.69) is 29.4 Å². The SMILES string of the molecule is CCCCNC(=O)C(C)N(CC1CCCNC1)C1CC1. The van der Waals surface area contributed by atoms with Crippen LogP contribution in [0.2, 0.25) is 0 Å². The topological polar surface area (TPSA) is 44.4 Å². The lowest BCUT2D eigenvalue weighted by Crippen LogP contribution is -2.49. The van der Waals surface area contributed by atoms with E-state index in [1.165, 1.54) is 25.7 Å². The molecule has 1 aliphatic carbocycles. The van der Waals surface area contributed by atoms with Crippen LogP contribution in [0.3, 0.4) is 0 Å². The number of rotatable bonds is 8. The second-order valence-corrected chi connectivity index (χ2v) is 6.46. The first-order chi connectivity index (χ1) is 9.72. The first kappa shape index (κ1) is 15.8. The molecule has 2 fully saturated rings. The van der Waals surface area contributed by atoms with Crippen LogP contribution in [0.5, 0.6) is 0 Å². The molecule has 0 aromatic rings. The highest BCUT2D eigenvalue weighted by atomic mass is 16.2. The number of unbranched alkanes of at least 4 members (excludes halogenated alkanes) is 1. The molecule has 4 heteroatoms. The predicted molar refractivity (Wildman–Crippen MR) is 82.7 cm³/mol. The zero-order valence-corrected chi connectivity index (χ0v) is 13.2. The molecule has 0 radical (unpaired) electrons. The number of carbonyl (C=O) groups is 1. The van der Waals surface area contributed by atoms with E-state index in [4.69, 9.17) is 0 Å². The molecule has 1 saturated heterocycles. The third-order valence-corrected chi connectivity index (χ3v) is 4.59. The summed E-state index contributed by atoms with van der Waals surface area (Å²) in [5.41, 5.74) is 0. The van der Waals surface area contributed by atoms with Crippen molar-refractivity contribution >= 4 is 5.91 Å². The molecule has 2 N–H and O–H groups in total. The zero-order valence-electron chi connectivity index (χ0n) is 13.2. The average Bonchev–Trinajstić information content (AvgIpc) is 3.30. The minimum absolute atomic E-state index is 0.0290. The number of nitrogens with zero attached hydrogens (tertiary/aromatic N) is 1. The van der Waals surface area contributed by atoms with Crippen LogP contribution in [-0.2, 0) is 4.79 Å². The first-order valence-corrected chi connectivity index (χ1v) is 8.46. The number of nitrogens with one attached hydrogen (secondary N) is 2. The fraction of sp³-hybridized carbons (Fsp3) is 0.938. The largest absolute Gasteiger partial charge is 0.355 e. The van der Waals surface area contributed by atoms with Crippen LogP contribution in [0.15, 0.2) is 0 Å². The molecule has 0 bridgehead atoms. The molecule has 1 saturated carbocycles. The molecule has 1 amide bonds. The molecule has 116 valence electrons. The van der Waals surface area contributed by atoms with Gasteiger partial charge < -0.3 is 10.6 Å². The van der Waals surface area contributed by atoms with Crippen molar-refractivity contribution in [1.29, 1.82) is 0 Å². The van der Waals surface area contributed by atoms with Crippen LogP contribution in [0, 0.1) is 5.92 Å². The van der Waals surface area contributed by atoms with Gasteiger partial charge in [0.05, 0.1) is 6.04 Å². The molecule has 4 nitrogen and oxygen atoms in total. The van der Waals surface area contributed by atoms with E-state index in [1.807, 2.05) is 0 Å². The number of hydrogen-bond acceptors (Lipinski definition) is 3. The molecule has 2 rings (SSSR count). The summed E-state index contributed by atoms with van der Waals surface area (Å²) in [6, 6.07) is 0.685. The second-order valence-electron chi connectivity index (χ2n) is 6.46. The second kappa shape index (κ2) is 7.99. The highest BCUT2D eigenvalue weighted by Crippen LogP contribution is 2.30. The van der Waals surface area contributed by atoms with E-state index >= 15 is 0 Å². The highest BCUT2D eigenvalue weighted by molar-refractivity contribution is 5.81. The molecular weight excluding hydrogens is 250 g/mol. The van der Waals surface area contributed by atoms with Crippen molar-refractivity contribution < 1.29 is 4.79 Å². The molecule has 20 heavy (non-hydrogen) atoms. The molecular formula is C16H31N3O. The van der Waals surface area contributed by atoms with Gasteiger partial charge in [-0.1, -0.05) is 13.3 Å². The van der Waals surface area contributed by atoms with Crippen molar-refractivity contribution in [3.8, 4) is 0 Å². The van der Waals surface area contributed by atoms with E-state index in [0.29, 0.717) is 6.04 Å². The summed E-state index contributed by atoms with van der Waals surface area (Å²) in [5, 5.41) is 6.57. The van der Waals surface area contributed by atoms with Gasteiger partial charge in [0.1, 0.15) is 0 Å². The minimum Gasteiger partial charge on any atom is -0.355 e. The Morgan fingerprint density at radius 1 is 1.40 bits per heavy atom. The van der Waals surface area contributed by atoms with Crippen molar-refractivity contribution in [3.63, 3.8) is 0 Å². The lowest BCUT2D eigenvalue weighted by Gasteiger charge is -2.33. The maximum Gasteiger partial charge on any atom is 0.237 e.